The summed E-state index contributed by atoms with van der Waals surface area (Å²) in [6.07, 6.45) is 1.58. The van der Waals surface area contributed by atoms with Crippen LogP contribution in [0.5, 0.6) is 0 Å². The Morgan fingerprint density at radius 3 is 3.12 bits per heavy atom. The number of rotatable bonds is 1. The monoisotopic (exact) mass is 214 g/mol. The fourth-order valence-corrected chi connectivity index (χ4v) is 1.45. The van der Waals surface area contributed by atoms with E-state index in [2.05, 4.69) is 22.0 Å². The number of nitrogens with one attached hydrogen (secondary N) is 1. The van der Waals surface area contributed by atoms with Crippen molar-refractivity contribution in [2.24, 2.45) is 0 Å². The molecule has 0 aliphatic rings. The number of carboxylic acid groups (broad SMARTS) is 1. The van der Waals surface area contributed by atoms with Crippen LogP contribution in [0.25, 0.3) is 10.9 Å². The summed E-state index contributed by atoms with van der Waals surface area (Å²) in [5.74, 6) is 4.56. The van der Waals surface area contributed by atoms with Crippen molar-refractivity contribution in [1.29, 1.82) is 0 Å². The van der Waals surface area contributed by atoms with Crippen LogP contribution in [0.3, 0.4) is 0 Å². The molecule has 0 atom stereocenters. The summed E-state index contributed by atoms with van der Waals surface area (Å²) in [6, 6.07) is 3.86. The molecule has 0 aliphatic carbocycles. The van der Waals surface area contributed by atoms with Crippen LogP contribution < -0.4 is 0 Å². The van der Waals surface area contributed by atoms with Gasteiger partial charge in [-0.05, 0) is 24.6 Å². The van der Waals surface area contributed by atoms with Gasteiger partial charge in [0.05, 0.1) is 11.7 Å². The van der Waals surface area contributed by atoms with E-state index in [1.54, 1.807) is 6.20 Å². The second kappa shape index (κ2) is 4.07. The van der Waals surface area contributed by atoms with Gasteiger partial charge >= 0.3 is 5.97 Å². The number of hydrogen-bond acceptors (Lipinski definition) is 2. The van der Waals surface area contributed by atoms with Gasteiger partial charge in [0, 0.05) is 10.9 Å². The third-order valence-corrected chi connectivity index (χ3v) is 2.25. The lowest BCUT2D eigenvalue weighted by atomic mass is 10.1. The molecule has 0 aliphatic heterocycles. The number of nitrogens with zero attached hydrogens (tertiary/aromatic N) is 1. The number of aliphatic carboxylic acids is 1. The van der Waals surface area contributed by atoms with Gasteiger partial charge in [-0.3, -0.25) is 9.89 Å². The van der Waals surface area contributed by atoms with Gasteiger partial charge < -0.3 is 5.11 Å². The van der Waals surface area contributed by atoms with E-state index in [0.717, 1.165) is 22.0 Å². The predicted octanol–water partition coefficient (Wildman–Crippen LogP) is 1.70. The van der Waals surface area contributed by atoms with Crippen LogP contribution in [-0.2, 0) is 4.79 Å². The second-order valence-corrected chi connectivity index (χ2v) is 3.50. The smallest absolute Gasteiger partial charge is 0.315 e. The standard InChI is InChI=1S/C12H10N2O2/c1-8-5-11-10(7-13-14-11)6-9(8)3-2-4-12(15)16/h5-7H,4H2,1H3,(H,13,14)(H,15,16). The molecule has 0 spiro atoms. The lowest BCUT2D eigenvalue weighted by Crippen LogP contribution is -1.90. The minimum Gasteiger partial charge on any atom is -0.481 e. The summed E-state index contributed by atoms with van der Waals surface area (Å²) < 4.78 is 0. The first-order chi connectivity index (χ1) is 7.66. The van der Waals surface area contributed by atoms with Crippen molar-refractivity contribution in [2.45, 2.75) is 13.3 Å². The lowest BCUT2D eigenvalue weighted by Gasteiger charge is -1.97. The van der Waals surface area contributed by atoms with Crippen LogP contribution >= 0.6 is 0 Å². The number of fused-ring (bicyclic) bond motifs is 1. The topological polar surface area (TPSA) is 66.0 Å². The van der Waals surface area contributed by atoms with Gasteiger partial charge in [-0.1, -0.05) is 11.8 Å². The van der Waals surface area contributed by atoms with Crippen molar-refractivity contribution >= 4 is 16.9 Å². The Kier molecular flexibility index (Phi) is 2.61. The van der Waals surface area contributed by atoms with Crippen LogP contribution in [0.4, 0.5) is 0 Å². The third-order valence-electron chi connectivity index (χ3n) is 2.25. The van der Waals surface area contributed by atoms with E-state index in [-0.39, 0.29) is 6.42 Å². The van der Waals surface area contributed by atoms with Crippen molar-refractivity contribution < 1.29 is 9.90 Å². The molecule has 0 unspecified atom stereocenters. The van der Waals surface area contributed by atoms with Gasteiger partial charge in [0.15, 0.2) is 0 Å². The number of hydrogen-bond donors (Lipinski definition) is 2. The minimum absolute atomic E-state index is 0.136. The number of aryl methyl sites for hydroxylation is 1. The van der Waals surface area contributed by atoms with E-state index in [1.165, 1.54) is 0 Å². The summed E-state index contributed by atoms with van der Waals surface area (Å²) in [6.45, 7) is 1.94. The molecule has 16 heavy (non-hydrogen) atoms. The Labute approximate surface area is 92.3 Å². The molecule has 0 bridgehead atoms. The fourth-order valence-electron chi connectivity index (χ4n) is 1.45. The molecule has 4 heteroatoms. The van der Waals surface area contributed by atoms with Crippen molar-refractivity contribution in [3.05, 3.63) is 29.5 Å². The lowest BCUT2D eigenvalue weighted by molar-refractivity contribution is -0.135. The van der Waals surface area contributed by atoms with Crippen LogP contribution in [0.2, 0.25) is 0 Å². The molecular weight excluding hydrogens is 204 g/mol. The zero-order chi connectivity index (χ0) is 11.5. The van der Waals surface area contributed by atoms with E-state index in [4.69, 9.17) is 5.11 Å². The SMILES string of the molecule is Cc1cc2[nH]ncc2cc1C#CCC(=O)O. The van der Waals surface area contributed by atoms with Gasteiger partial charge in [0.1, 0.15) is 6.42 Å². The van der Waals surface area contributed by atoms with Crippen LogP contribution in [-0.4, -0.2) is 21.3 Å². The van der Waals surface area contributed by atoms with Crippen molar-refractivity contribution in [3.63, 3.8) is 0 Å². The second-order valence-electron chi connectivity index (χ2n) is 3.50. The van der Waals surface area contributed by atoms with Crippen LogP contribution in [0.1, 0.15) is 17.5 Å². The number of carbonyl (C=O) groups is 1. The summed E-state index contributed by atoms with van der Waals surface area (Å²) >= 11 is 0. The summed E-state index contributed by atoms with van der Waals surface area (Å²) in [7, 11) is 0. The zero-order valence-corrected chi connectivity index (χ0v) is 8.74. The van der Waals surface area contributed by atoms with Gasteiger partial charge in [-0.25, -0.2) is 0 Å². The molecule has 1 aromatic carbocycles. The number of carboxylic acids is 1. The van der Waals surface area contributed by atoms with Gasteiger partial charge in [-0.2, -0.15) is 5.10 Å². The van der Waals surface area contributed by atoms with Crippen molar-refractivity contribution in [2.75, 3.05) is 0 Å². The van der Waals surface area contributed by atoms with E-state index in [1.807, 2.05) is 19.1 Å². The number of benzene rings is 1. The van der Waals surface area contributed by atoms with Gasteiger partial charge in [-0.15, -0.1) is 0 Å². The maximum atomic E-state index is 10.3. The average Bonchev–Trinajstić information content (AvgIpc) is 2.64. The largest absolute Gasteiger partial charge is 0.481 e. The van der Waals surface area contributed by atoms with Gasteiger partial charge in [0.25, 0.3) is 0 Å². The maximum Gasteiger partial charge on any atom is 0.315 e. The normalized spacial score (nSPS) is 9.81. The highest BCUT2D eigenvalue weighted by atomic mass is 16.4. The summed E-state index contributed by atoms with van der Waals surface area (Å²) in [5, 5.41) is 16.3. The Morgan fingerprint density at radius 1 is 1.56 bits per heavy atom. The Hall–Kier alpha value is -2.28. The Morgan fingerprint density at radius 2 is 2.38 bits per heavy atom. The molecule has 2 aromatic rings. The maximum absolute atomic E-state index is 10.3. The first-order valence-corrected chi connectivity index (χ1v) is 4.81. The highest BCUT2D eigenvalue weighted by Crippen LogP contribution is 2.16. The molecule has 0 amide bonds. The number of H-pyrrole nitrogens is 1. The number of aromatic nitrogens is 2. The molecule has 0 saturated carbocycles. The molecule has 0 saturated heterocycles. The Bertz CT molecular complexity index is 602. The van der Waals surface area contributed by atoms with Crippen molar-refractivity contribution in [1.82, 2.24) is 10.2 Å². The molecule has 1 heterocycles. The van der Waals surface area contributed by atoms with E-state index in [0.29, 0.717) is 0 Å². The first kappa shape index (κ1) is 10.2. The minimum atomic E-state index is -0.908. The highest BCUT2D eigenvalue weighted by molar-refractivity contribution is 5.81. The summed E-state index contributed by atoms with van der Waals surface area (Å²) in [5.41, 5.74) is 2.81. The molecule has 0 fully saturated rings. The van der Waals surface area contributed by atoms with E-state index >= 15 is 0 Å². The molecule has 4 nitrogen and oxygen atoms in total. The highest BCUT2D eigenvalue weighted by Gasteiger charge is 2.00. The summed E-state index contributed by atoms with van der Waals surface area (Å²) in [4.78, 5) is 10.3. The quantitative estimate of drug-likeness (QED) is 0.710. The predicted molar refractivity (Wildman–Crippen MR) is 60.0 cm³/mol. The number of aromatic amines is 1. The molecule has 2 rings (SSSR count). The third kappa shape index (κ3) is 2.04. The zero-order valence-electron chi connectivity index (χ0n) is 8.74. The Balaban J connectivity index is 2.38. The van der Waals surface area contributed by atoms with E-state index in [9.17, 15) is 4.79 Å². The van der Waals surface area contributed by atoms with E-state index < -0.39 is 5.97 Å². The van der Waals surface area contributed by atoms with Gasteiger partial charge in [0.2, 0.25) is 0 Å². The van der Waals surface area contributed by atoms with Crippen LogP contribution in [0, 0.1) is 18.8 Å². The average molecular weight is 214 g/mol. The fraction of sp³-hybridized carbons (Fsp3) is 0.167. The molecule has 0 radical (unpaired) electrons. The molecule has 1 aromatic heterocycles. The molecule has 2 N–H and O–H groups in total. The molecule has 80 valence electrons. The molecular formula is C12H10N2O2. The first-order valence-electron chi connectivity index (χ1n) is 4.81. The van der Waals surface area contributed by atoms with Crippen LogP contribution in [0.15, 0.2) is 18.3 Å². The van der Waals surface area contributed by atoms with Crippen molar-refractivity contribution in [3.8, 4) is 11.8 Å².